The smallest absolute Gasteiger partial charge is 0.274 e. The van der Waals surface area contributed by atoms with Gasteiger partial charge in [0.2, 0.25) is 0 Å². The molecular formula is C19H23NO11. The molecule has 0 saturated carbocycles. The van der Waals surface area contributed by atoms with Crippen LogP contribution in [0.5, 0.6) is 0 Å². The van der Waals surface area contributed by atoms with E-state index in [1.807, 2.05) is 0 Å². The predicted molar refractivity (Wildman–Crippen MR) is 97.8 cm³/mol. The van der Waals surface area contributed by atoms with Gasteiger partial charge < -0.3 is 54.7 Å². The third-order valence-electron chi connectivity index (χ3n) is 4.95. The first-order valence-corrected chi connectivity index (χ1v) is 9.36. The van der Waals surface area contributed by atoms with Crippen LogP contribution in [0.2, 0.25) is 0 Å². The molecule has 10 atom stereocenters. The fraction of sp³-hybridized carbons (Fsp3) is 0.632. The molecule has 31 heavy (non-hydrogen) atoms. The first-order chi connectivity index (χ1) is 14.8. The monoisotopic (exact) mass is 441 g/mol. The van der Waals surface area contributed by atoms with Crippen molar-refractivity contribution in [1.82, 2.24) is 4.98 Å². The van der Waals surface area contributed by atoms with E-state index in [0.29, 0.717) is 0 Å². The Morgan fingerprint density at radius 2 is 1.19 bits per heavy atom. The summed E-state index contributed by atoms with van der Waals surface area (Å²) in [7, 11) is 0. The Hall–Kier alpha value is -2.07. The van der Waals surface area contributed by atoms with Gasteiger partial charge in [-0.3, -0.25) is 0 Å². The minimum Gasteiger partial charge on any atom is -0.437 e. The molecule has 0 aliphatic carbocycles. The molecule has 170 valence electrons. The maximum atomic E-state index is 9.96. The van der Waals surface area contributed by atoms with Crippen molar-refractivity contribution in [2.24, 2.45) is 0 Å². The maximum Gasteiger partial charge on any atom is 0.274 e. The molecule has 1 aromatic rings. The second-order valence-corrected chi connectivity index (χ2v) is 7.08. The largest absolute Gasteiger partial charge is 0.437 e. The molecule has 1 unspecified atom stereocenters. The van der Waals surface area contributed by atoms with Crippen LogP contribution in [0.1, 0.15) is 11.6 Å². The molecule has 12 nitrogen and oxygen atoms in total. The highest BCUT2D eigenvalue weighted by atomic mass is 16.5. The summed E-state index contributed by atoms with van der Waals surface area (Å²) in [5.74, 6) is 9.93. The number of oxazole rings is 1. The van der Waals surface area contributed by atoms with Crippen LogP contribution in [0.25, 0.3) is 0 Å². The van der Waals surface area contributed by atoms with Crippen molar-refractivity contribution in [3.63, 3.8) is 0 Å². The van der Waals surface area contributed by atoms with E-state index in [1.54, 1.807) is 0 Å². The van der Waals surface area contributed by atoms with Crippen LogP contribution in [0.3, 0.4) is 0 Å². The van der Waals surface area contributed by atoms with Crippen LogP contribution < -0.4 is 0 Å². The van der Waals surface area contributed by atoms with E-state index < -0.39 is 74.3 Å². The van der Waals surface area contributed by atoms with Gasteiger partial charge in [-0.2, -0.15) is 4.98 Å². The molecule has 2 saturated heterocycles. The first-order valence-electron chi connectivity index (χ1n) is 9.36. The predicted octanol–water partition coefficient (Wildman–Crippen LogP) is -4.94. The lowest BCUT2D eigenvalue weighted by Crippen LogP contribution is -2.58. The van der Waals surface area contributed by atoms with Crippen LogP contribution in [-0.2, 0) is 9.47 Å². The van der Waals surface area contributed by atoms with E-state index in [4.69, 9.17) is 13.9 Å². The molecular weight excluding hydrogens is 418 g/mol. The zero-order chi connectivity index (χ0) is 22.7. The summed E-state index contributed by atoms with van der Waals surface area (Å²) in [4.78, 5) is 3.96. The first kappa shape index (κ1) is 23.6. The molecule has 2 aliphatic heterocycles. The Bertz CT molecular complexity index is 795. The van der Waals surface area contributed by atoms with Crippen LogP contribution >= 0.6 is 0 Å². The van der Waals surface area contributed by atoms with Crippen molar-refractivity contribution < 1.29 is 54.7 Å². The molecule has 0 amide bonds. The number of ether oxygens (including phenoxy) is 2. The maximum absolute atomic E-state index is 9.96. The second kappa shape index (κ2) is 10.0. The highest BCUT2D eigenvalue weighted by Crippen LogP contribution is 2.22. The number of aromatic nitrogens is 1. The van der Waals surface area contributed by atoms with Crippen LogP contribution in [-0.4, -0.2) is 120 Å². The Morgan fingerprint density at radius 1 is 0.710 bits per heavy atom. The number of hydrogen-bond acceptors (Lipinski definition) is 12. The number of aliphatic hydroxyl groups is 8. The number of hydrogen-bond donors (Lipinski definition) is 8. The summed E-state index contributed by atoms with van der Waals surface area (Å²) in [6, 6.07) is 0. The van der Waals surface area contributed by atoms with Crippen LogP contribution in [0.15, 0.2) is 10.7 Å². The standard InChI is InChI=1S/C19H23NO11/c21-5-11-16(25)18(27)14(23)9(30-11)2-1-8-7-29-13(20-8)4-3-10-15(24)19(28)17(26)12(6-22)31-10/h7,9-12,14-19,21-28H,5-6H2/t9?,10-,11-,12-,14-,15-,16-,17-,18-,19-/m1/s1. The fourth-order valence-electron chi connectivity index (χ4n) is 3.11. The molecule has 0 radical (unpaired) electrons. The van der Waals surface area contributed by atoms with Gasteiger partial charge in [0.15, 0.2) is 5.69 Å². The average Bonchev–Trinajstić information content (AvgIpc) is 3.23. The molecule has 2 fully saturated rings. The minimum absolute atomic E-state index is 0.0927. The summed E-state index contributed by atoms with van der Waals surface area (Å²) in [6.45, 7) is -1.16. The van der Waals surface area contributed by atoms with Gasteiger partial charge in [-0.05, 0) is 11.8 Å². The average molecular weight is 441 g/mol. The van der Waals surface area contributed by atoms with E-state index >= 15 is 0 Å². The topological polar surface area (TPSA) is 206 Å². The number of rotatable bonds is 2. The van der Waals surface area contributed by atoms with E-state index in [9.17, 15) is 40.9 Å². The van der Waals surface area contributed by atoms with Crippen LogP contribution in [0.4, 0.5) is 0 Å². The van der Waals surface area contributed by atoms with Gasteiger partial charge >= 0.3 is 0 Å². The highest BCUT2D eigenvalue weighted by molar-refractivity contribution is 5.31. The normalized spacial score (nSPS) is 40.4. The molecule has 3 rings (SSSR count). The van der Waals surface area contributed by atoms with E-state index in [0.717, 1.165) is 6.26 Å². The minimum atomic E-state index is -1.56. The Labute approximate surface area is 176 Å². The van der Waals surface area contributed by atoms with E-state index in [2.05, 4.69) is 28.7 Å². The molecule has 0 aromatic carbocycles. The van der Waals surface area contributed by atoms with Crippen molar-refractivity contribution in [2.75, 3.05) is 13.2 Å². The Kier molecular flexibility index (Phi) is 7.64. The Balaban J connectivity index is 1.69. The van der Waals surface area contributed by atoms with Gasteiger partial charge in [0.1, 0.15) is 67.3 Å². The van der Waals surface area contributed by atoms with Gasteiger partial charge in [-0.15, -0.1) is 0 Å². The molecule has 0 spiro atoms. The molecule has 3 heterocycles. The highest BCUT2D eigenvalue weighted by Gasteiger charge is 2.43. The zero-order valence-electron chi connectivity index (χ0n) is 16.0. The van der Waals surface area contributed by atoms with Crippen molar-refractivity contribution in [2.45, 2.75) is 61.0 Å². The molecule has 0 bridgehead atoms. The summed E-state index contributed by atoms with van der Waals surface area (Å²) in [5, 5.41) is 77.3. The molecule has 2 aliphatic rings. The third kappa shape index (κ3) is 5.06. The molecule has 8 N–H and O–H groups in total. The fourth-order valence-corrected chi connectivity index (χ4v) is 3.11. The number of aliphatic hydroxyl groups excluding tert-OH is 8. The lowest BCUT2D eigenvalue weighted by atomic mass is 9.95. The summed E-state index contributed by atoms with van der Waals surface area (Å²) in [5.41, 5.74) is 0.0927. The summed E-state index contributed by atoms with van der Waals surface area (Å²) >= 11 is 0. The zero-order valence-corrected chi connectivity index (χ0v) is 16.0. The quantitative estimate of drug-likeness (QED) is 0.203. The summed E-state index contributed by atoms with van der Waals surface area (Å²) in [6.07, 6.45) is -12.6. The third-order valence-corrected chi connectivity index (χ3v) is 4.95. The van der Waals surface area contributed by atoms with Crippen molar-refractivity contribution in [3.05, 3.63) is 17.8 Å². The van der Waals surface area contributed by atoms with Crippen molar-refractivity contribution in [3.8, 4) is 23.7 Å². The lowest BCUT2D eigenvalue weighted by molar-refractivity contribution is -0.214. The lowest BCUT2D eigenvalue weighted by Gasteiger charge is -2.37. The van der Waals surface area contributed by atoms with Gasteiger partial charge in [0.25, 0.3) is 5.89 Å². The van der Waals surface area contributed by atoms with E-state index in [-0.39, 0.29) is 11.6 Å². The van der Waals surface area contributed by atoms with Gasteiger partial charge in [0, 0.05) is 0 Å². The molecule has 12 heteroatoms. The van der Waals surface area contributed by atoms with Crippen molar-refractivity contribution >= 4 is 0 Å². The van der Waals surface area contributed by atoms with Gasteiger partial charge in [0.05, 0.1) is 13.2 Å². The second-order valence-electron chi connectivity index (χ2n) is 7.08. The SMILES string of the molecule is OC[C@H]1O[C@H](C#Cc2nc(C#CC3O[C@H](CO)[C@@H](O)[C@H](O)[C@@H]3O)co2)[C@@H](O)[C@@H](O)[C@@H]1O. The van der Waals surface area contributed by atoms with Crippen LogP contribution in [0, 0.1) is 23.7 Å². The molecule has 1 aromatic heterocycles. The summed E-state index contributed by atoms with van der Waals surface area (Å²) < 4.78 is 15.6. The van der Waals surface area contributed by atoms with Gasteiger partial charge in [-0.25, -0.2) is 0 Å². The number of nitrogens with zero attached hydrogens (tertiary/aromatic N) is 1. The van der Waals surface area contributed by atoms with Crippen molar-refractivity contribution in [1.29, 1.82) is 0 Å². The Morgan fingerprint density at radius 3 is 1.68 bits per heavy atom. The van der Waals surface area contributed by atoms with Gasteiger partial charge in [-0.1, -0.05) is 11.8 Å². The van der Waals surface area contributed by atoms with E-state index in [1.165, 1.54) is 0 Å².